The zero-order valence-corrected chi connectivity index (χ0v) is 18.2. The summed E-state index contributed by atoms with van der Waals surface area (Å²) in [5.41, 5.74) is 1.63. The van der Waals surface area contributed by atoms with E-state index in [1.165, 1.54) is 6.42 Å². The fraction of sp³-hybridized carbons (Fsp3) is 0.333. The summed E-state index contributed by atoms with van der Waals surface area (Å²) < 4.78 is 5.56. The van der Waals surface area contributed by atoms with Gasteiger partial charge in [-0.3, -0.25) is 9.59 Å². The fourth-order valence-corrected chi connectivity index (χ4v) is 3.74. The Labute approximate surface area is 188 Å². The van der Waals surface area contributed by atoms with Gasteiger partial charge in [0.15, 0.2) is 0 Å². The molecule has 0 saturated heterocycles. The molecule has 0 atom stereocenters. The molecule has 6 nitrogen and oxygen atoms in total. The molecular formula is C24H28ClN3O3. The molecule has 0 radical (unpaired) electrons. The minimum absolute atomic E-state index is 0.0289. The fourth-order valence-electron chi connectivity index (χ4n) is 3.54. The number of benzene rings is 2. The standard InChI is InChI=1S/C24H28ClN3O3/c1-2-14-31-22-11-7-6-10-21(22)28-23(29)16-26-18-12-13-20(25)19(15-18)24(30)27-17-8-4-3-5-9-17/h2,6-7,10-13,15,17,26H,1,3-5,8-9,14,16H2,(H,27,30)(H,28,29). The lowest BCUT2D eigenvalue weighted by atomic mass is 9.95. The molecule has 0 aromatic heterocycles. The number of carbonyl (C=O) groups is 2. The Morgan fingerprint density at radius 3 is 2.68 bits per heavy atom. The number of para-hydroxylation sites is 2. The Balaban J connectivity index is 1.58. The van der Waals surface area contributed by atoms with Gasteiger partial charge >= 0.3 is 0 Å². The van der Waals surface area contributed by atoms with Gasteiger partial charge in [0, 0.05) is 11.7 Å². The van der Waals surface area contributed by atoms with Gasteiger partial charge in [-0.2, -0.15) is 0 Å². The third-order valence-electron chi connectivity index (χ3n) is 5.12. The maximum absolute atomic E-state index is 12.7. The monoisotopic (exact) mass is 441 g/mol. The maximum Gasteiger partial charge on any atom is 0.253 e. The molecule has 0 unspecified atom stereocenters. The lowest BCUT2D eigenvalue weighted by Crippen LogP contribution is -2.36. The van der Waals surface area contributed by atoms with Crippen LogP contribution in [0, 0.1) is 0 Å². The van der Waals surface area contributed by atoms with Gasteiger partial charge in [0.05, 0.1) is 22.8 Å². The molecule has 1 saturated carbocycles. The molecule has 1 aliphatic carbocycles. The molecule has 31 heavy (non-hydrogen) atoms. The topological polar surface area (TPSA) is 79.5 Å². The zero-order valence-electron chi connectivity index (χ0n) is 17.5. The highest BCUT2D eigenvalue weighted by Gasteiger charge is 2.18. The van der Waals surface area contributed by atoms with Crippen molar-refractivity contribution in [2.75, 3.05) is 23.8 Å². The number of hydrogen-bond donors (Lipinski definition) is 3. The van der Waals surface area contributed by atoms with Gasteiger partial charge in [0.25, 0.3) is 5.91 Å². The predicted molar refractivity (Wildman–Crippen MR) is 125 cm³/mol. The molecular weight excluding hydrogens is 414 g/mol. The van der Waals surface area contributed by atoms with Crippen LogP contribution in [0.4, 0.5) is 11.4 Å². The van der Waals surface area contributed by atoms with Crippen molar-refractivity contribution in [3.63, 3.8) is 0 Å². The van der Waals surface area contributed by atoms with E-state index in [2.05, 4.69) is 22.5 Å². The van der Waals surface area contributed by atoms with Crippen LogP contribution in [0.5, 0.6) is 5.75 Å². The van der Waals surface area contributed by atoms with Gasteiger partial charge < -0.3 is 20.7 Å². The quantitative estimate of drug-likeness (QED) is 0.477. The lowest BCUT2D eigenvalue weighted by molar-refractivity contribution is -0.114. The molecule has 0 heterocycles. The van der Waals surface area contributed by atoms with Crippen LogP contribution in [0.2, 0.25) is 5.02 Å². The molecule has 0 bridgehead atoms. The molecule has 1 fully saturated rings. The van der Waals surface area contributed by atoms with Crippen LogP contribution < -0.4 is 20.7 Å². The lowest BCUT2D eigenvalue weighted by Gasteiger charge is -2.23. The van der Waals surface area contributed by atoms with Gasteiger partial charge in [-0.1, -0.05) is 55.7 Å². The number of rotatable bonds is 9. The summed E-state index contributed by atoms with van der Waals surface area (Å²) in [6.45, 7) is 4.01. The second-order valence-electron chi connectivity index (χ2n) is 7.50. The summed E-state index contributed by atoms with van der Waals surface area (Å²) in [6.07, 6.45) is 7.13. The Hall–Kier alpha value is -2.99. The van der Waals surface area contributed by atoms with Crippen LogP contribution in [0.15, 0.2) is 55.1 Å². The van der Waals surface area contributed by atoms with Gasteiger partial charge in [-0.15, -0.1) is 0 Å². The smallest absolute Gasteiger partial charge is 0.253 e. The van der Waals surface area contributed by atoms with Crippen LogP contribution in [-0.2, 0) is 4.79 Å². The van der Waals surface area contributed by atoms with Gasteiger partial charge in [0.2, 0.25) is 5.91 Å². The second kappa shape index (κ2) is 11.4. The summed E-state index contributed by atoms with van der Waals surface area (Å²) in [5.74, 6) is 0.153. The highest BCUT2D eigenvalue weighted by molar-refractivity contribution is 6.34. The zero-order chi connectivity index (χ0) is 22.1. The maximum atomic E-state index is 12.7. The van der Waals surface area contributed by atoms with Gasteiger partial charge in [0.1, 0.15) is 12.4 Å². The first-order chi connectivity index (χ1) is 15.1. The molecule has 1 aliphatic rings. The summed E-state index contributed by atoms with van der Waals surface area (Å²) in [7, 11) is 0. The number of halogens is 1. The van der Waals surface area contributed by atoms with E-state index in [9.17, 15) is 9.59 Å². The minimum Gasteiger partial charge on any atom is -0.487 e. The molecule has 164 valence electrons. The van der Waals surface area contributed by atoms with Crippen molar-refractivity contribution in [1.29, 1.82) is 0 Å². The number of carbonyl (C=O) groups excluding carboxylic acids is 2. The normalized spacial score (nSPS) is 13.8. The highest BCUT2D eigenvalue weighted by Crippen LogP contribution is 2.25. The molecule has 2 aromatic rings. The van der Waals surface area contributed by atoms with E-state index >= 15 is 0 Å². The molecule has 2 amide bonds. The van der Waals surface area contributed by atoms with E-state index in [4.69, 9.17) is 16.3 Å². The molecule has 0 aliphatic heterocycles. The first-order valence-electron chi connectivity index (χ1n) is 10.5. The molecule has 3 N–H and O–H groups in total. The average Bonchev–Trinajstić information content (AvgIpc) is 2.78. The first-order valence-corrected chi connectivity index (χ1v) is 10.9. The van der Waals surface area contributed by atoms with Crippen LogP contribution in [0.25, 0.3) is 0 Å². The van der Waals surface area contributed by atoms with E-state index in [0.29, 0.717) is 34.3 Å². The van der Waals surface area contributed by atoms with Crippen molar-refractivity contribution in [3.05, 3.63) is 65.7 Å². The Morgan fingerprint density at radius 2 is 1.90 bits per heavy atom. The Morgan fingerprint density at radius 1 is 1.13 bits per heavy atom. The van der Waals surface area contributed by atoms with Crippen molar-refractivity contribution in [1.82, 2.24) is 5.32 Å². The second-order valence-corrected chi connectivity index (χ2v) is 7.91. The Bertz CT molecular complexity index is 926. The number of hydrogen-bond acceptors (Lipinski definition) is 4. The van der Waals surface area contributed by atoms with Crippen molar-refractivity contribution >= 4 is 34.8 Å². The van der Waals surface area contributed by atoms with Crippen molar-refractivity contribution in [2.24, 2.45) is 0 Å². The van der Waals surface area contributed by atoms with Crippen molar-refractivity contribution in [3.8, 4) is 5.75 Å². The Kier molecular flexibility index (Phi) is 8.35. The van der Waals surface area contributed by atoms with E-state index in [1.54, 1.807) is 36.4 Å². The van der Waals surface area contributed by atoms with Crippen LogP contribution in [0.1, 0.15) is 42.5 Å². The summed E-state index contributed by atoms with van der Waals surface area (Å²) in [6, 6.07) is 12.5. The molecule has 3 rings (SSSR count). The number of ether oxygens (including phenoxy) is 1. The average molecular weight is 442 g/mol. The van der Waals surface area contributed by atoms with E-state index in [1.807, 2.05) is 12.1 Å². The summed E-state index contributed by atoms with van der Waals surface area (Å²) >= 11 is 6.25. The van der Waals surface area contributed by atoms with E-state index in [0.717, 1.165) is 25.7 Å². The molecule has 2 aromatic carbocycles. The minimum atomic E-state index is -0.238. The van der Waals surface area contributed by atoms with E-state index in [-0.39, 0.29) is 24.4 Å². The number of nitrogens with one attached hydrogen (secondary N) is 3. The van der Waals surface area contributed by atoms with Crippen LogP contribution >= 0.6 is 11.6 Å². The first kappa shape index (κ1) is 22.7. The third kappa shape index (κ3) is 6.76. The van der Waals surface area contributed by atoms with Gasteiger partial charge in [-0.05, 0) is 43.2 Å². The van der Waals surface area contributed by atoms with Crippen molar-refractivity contribution in [2.45, 2.75) is 38.1 Å². The number of amides is 2. The van der Waals surface area contributed by atoms with Crippen molar-refractivity contribution < 1.29 is 14.3 Å². The number of anilines is 2. The van der Waals surface area contributed by atoms with Gasteiger partial charge in [-0.25, -0.2) is 0 Å². The molecule has 0 spiro atoms. The summed E-state index contributed by atoms with van der Waals surface area (Å²) in [4.78, 5) is 25.1. The largest absolute Gasteiger partial charge is 0.487 e. The van der Waals surface area contributed by atoms with Crippen LogP contribution in [-0.4, -0.2) is 31.0 Å². The predicted octanol–water partition coefficient (Wildman–Crippen LogP) is 5.02. The van der Waals surface area contributed by atoms with Crippen LogP contribution in [0.3, 0.4) is 0 Å². The highest BCUT2D eigenvalue weighted by atomic mass is 35.5. The van der Waals surface area contributed by atoms with E-state index < -0.39 is 0 Å². The summed E-state index contributed by atoms with van der Waals surface area (Å²) in [5, 5.41) is 9.33. The molecule has 7 heteroatoms. The third-order valence-corrected chi connectivity index (χ3v) is 5.45. The SMILES string of the molecule is C=CCOc1ccccc1NC(=O)CNc1ccc(Cl)c(C(=O)NC2CCCCC2)c1.